The maximum atomic E-state index is 10.3. The van der Waals surface area contributed by atoms with E-state index < -0.39 is 16.4 Å². The van der Waals surface area contributed by atoms with Crippen LogP contribution in [0.25, 0.3) is 0 Å². The lowest BCUT2D eigenvalue weighted by molar-refractivity contribution is -0.193. The van der Waals surface area contributed by atoms with Crippen LogP contribution in [0.1, 0.15) is 6.92 Å². The number of carboxylic acids is 1. The molecule has 0 unspecified atom stereocenters. The Morgan fingerprint density at radius 2 is 1.31 bits per heavy atom. The highest BCUT2D eigenvalue weighted by Crippen LogP contribution is 1.85. The molecule has 0 radical (unpaired) electrons. The maximum Gasteiger partial charge on any atom is 0.399 e. The molecule has 0 spiro atoms. The Kier molecular flexibility index (Phi) is 40.5. The van der Waals surface area contributed by atoms with Crippen molar-refractivity contribution >= 4 is 34.6 Å². The van der Waals surface area contributed by atoms with E-state index in [4.69, 9.17) is 24.3 Å². The van der Waals surface area contributed by atoms with E-state index in [1.165, 1.54) is 25.3 Å². The van der Waals surface area contributed by atoms with E-state index in [9.17, 15) is 18.0 Å². The second-order valence-corrected chi connectivity index (χ2v) is 4.73. The average Bonchev–Trinajstić information content (AvgIpc) is 2.68. The molecule has 0 atom stereocenters. The van der Waals surface area contributed by atoms with E-state index in [2.05, 4.69) is 19.7 Å². The fraction of sp³-hybridized carbons (Fsp3) is 0.250. The molecule has 0 fully saturated rings. The Balaban J connectivity index is -0.0000000879. The molecule has 0 aliphatic heterocycles. The van der Waals surface area contributed by atoms with Crippen LogP contribution in [0.4, 0.5) is 0 Å². The summed E-state index contributed by atoms with van der Waals surface area (Å²) in [5, 5.41) is 7.91. The second kappa shape index (κ2) is 32.2. The number of rotatable bonds is 6. The van der Waals surface area contributed by atoms with Gasteiger partial charge in [0.15, 0.2) is 0 Å². The van der Waals surface area contributed by atoms with Crippen molar-refractivity contribution in [2.75, 3.05) is 21.3 Å². The highest BCUT2D eigenvalue weighted by Gasteiger charge is 2.01. The highest BCUT2D eigenvalue weighted by atomic mass is 32.3. The molecule has 0 aromatic carbocycles. The van der Waals surface area contributed by atoms with Crippen molar-refractivity contribution in [2.24, 2.45) is 0 Å². The summed E-state index contributed by atoms with van der Waals surface area (Å²) in [5.41, 5.74) is 0. The molecule has 0 heterocycles. The van der Waals surface area contributed by atoms with E-state index in [0.717, 1.165) is 20.3 Å². The maximum absolute atomic E-state index is 10.3. The summed E-state index contributed by atoms with van der Waals surface area (Å²) >= 11 is 0. The van der Waals surface area contributed by atoms with Crippen LogP contribution in [0.15, 0.2) is 49.1 Å². The van der Waals surface area contributed by atoms with Crippen molar-refractivity contribution in [3.05, 3.63) is 49.1 Å². The topological polar surface area (TPSA) is 184 Å². The molecular weight excluding hydrogens is 416 g/mol. The third kappa shape index (κ3) is 68.0. The Morgan fingerprint density at radius 3 is 1.48 bits per heavy atom. The zero-order valence-electron chi connectivity index (χ0n) is 16.1. The zero-order chi connectivity index (χ0) is 24.1. The smallest absolute Gasteiger partial charge is 0.399 e. The number of hydrogen-bond acceptors (Lipinski definition) is 11. The molecule has 0 saturated heterocycles. The van der Waals surface area contributed by atoms with Crippen LogP contribution in [0, 0.1) is 0 Å². The van der Waals surface area contributed by atoms with Crippen molar-refractivity contribution in [2.45, 2.75) is 6.92 Å². The monoisotopic (exact) mass is 438 g/mol. The largest absolute Gasteiger partial charge is 0.478 e. The first-order valence-electron chi connectivity index (χ1n) is 6.77. The SMILES string of the molecule is C/C=C\C=C\C(=O)OC.C=C/C=C/C(=O)O.COS(=O)(=O)OC.O=C=O.O=C=O. The molecule has 29 heavy (non-hydrogen) atoms. The zero-order valence-corrected chi connectivity index (χ0v) is 16.9. The van der Waals surface area contributed by atoms with Crippen LogP contribution in [-0.4, -0.2) is 59.1 Å². The number of aliphatic carboxylic acids is 1. The van der Waals surface area contributed by atoms with Gasteiger partial charge in [0.1, 0.15) is 0 Å². The molecule has 0 aromatic heterocycles. The molecule has 0 aliphatic rings. The molecule has 1 N–H and O–H groups in total. The summed E-state index contributed by atoms with van der Waals surface area (Å²) in [5.74, 6) is -1.27. The molecule has 0 bridgehead atoms. The van der Waals surface area contributed by atoms with Gasteiger partial charge in [0, 0.05) is 12.2 Å². The third-order valence-electron chi connectivity index (χ3n) is 1.52. The van der Waals surface area contributed by atoms with Gasteiger partial charge in [0.2, 0.25) is 0 Å². The van der Waals surface area contributed by atoms with Crippen molar-refractivity contribution in [3.8, 4) is 0 Å². The number of allylic oxidation sites excluding steroid dienone is 5. The number of carbonyl (C=O) groups is 2. The average molecular weight is 438 g/mol. The predicted molar refractivity (Wildman–Crippen MR) is 95.9 cm³/mol. The number of esters is 1. The van der Waals surface area contributed by atoms with Gasteiger partial charge in [0.25, 0.3) is 0 Å². The summed E-state index contributed by atoms with van der Waals surface area (Å²) in [6.07, 6.45) is 10.9. The summed E-state index contributed by atoms with van der Waals surface area (Å²) in [6.45, 7) is 5.16. The van der Waals surface area contributed by atoms with Crippen LogP contribution >= 0.6 is 0 Å². The van der Waals surface area contributed by atoms with Gasteiger partial charge in [-0.2, -0.15) is 27.6 Å². The molecule has 0 amide bonds. The van der Waals surface area contributed by atoms with Crippen LogP contribution in [-0.2, 0) is 52.3 Å². The van der Waals surface area contributed by atoms with Crippen LogP contribution < -0.4 is 0 Å². The molecular formula is C16H22O12S. The van der Waals surface area contributed by atoms with Crippen molar-refractivity contribution in [1.29, 1.82) is 0 Å². The van der Waals surface area contributed by atoms with Gasteiger partial charge in [0.05, 0.1) is 21.3 Å². The minimum absolute atomic E-state index is 0.250. The normalized spacial score (nSPS) is 8.97. The lowest BCUT2D eigenvalue weighted by Crippen LogP contribution is -2.02. The molecule has 0 aromatic rings. The van der Waals surface area contributed by atoms with E-state index >= 15 is 0 Å². The number of ether oxygens (including phenoxy) is 1. The Morgan fingerprint density at radius 1 is 0.897 bits per heavy atom. The summed E-state index contributed by atoms with van der Waals surface area (Å²) in [4.78, 5) is 52.5. The number of carbonyl (C=O) groups excluding carboxylic acids is 5. The molecule has 0 aliphatic carbocycles. The van der Waals surface area contributed by atoms with Crippen LogP contribution in [0.2, 0.25) is 0 Å². The van der Waals surface area contributed by atoms with Gasteiger partial charge in [-0.1, -0.05) is 37.0 Å². The number of hydrogen-bond donors (Lipinski definition) is 1. The standard InChI is InChI=1S/C7H10O2.C5H6O2.C2H6O4S.2CO2/c1-3-4-5-6-7(8)9-2;1-2-3-4-5(6)7;1-5-7(3,4)6-2;2*2-1-3/h3-6H,1-2H3;2-4H,1H2,(H,6,7);1-2H3;;/b4-3-,6-5+;4-3+;;;. The summed E-state index contributed by atoms with van der Waals surface area (Å²) < 4.78 is 31.9. The Bertz CT molecular complexity index is 653. The number of carboxylic acid groups (broad SMARTS) is 1. The lowest BCUT2D eigenvalue weighted by Gasteiger charge is -1.91. The van der Waals surface area contributed by atoms with Crippen molar-refractivity contribution in [3.63, 3.8) is 0 Å². The minimum Gasteiger partial charge on any atom is -0.478 e. The lowest BCUT2D eigenvalue weighted by atomic mass is 10.4. The van der Waals surface area contributed by atoms with Gasteiger partial charge in [-0.05, 0) is 6.92 Å². The van der Waals surface area contributed by atoms with Gasteiger partial charge >= 0.3 is 34.6 Å². The number of methoxy groups -OCH3 is 1. The first-order chi connectivity index (χ1) is 13.5. The van der Waals surface area contributed by atoms with Crippen LogP contribution in [0.3, 0.4) is 0 Å². The van der Waals surface area contributed by atoms with E-state index in [0.29, 0.717) is 0 Å². The first-order valence-corrected chi connectivity index (χ1v) is 8.11. The molecule has 0 saturated carbocycles. The molecule has 0 rings (SSSR count). The Hall–Kier alpha value is -3.47. The fourth-order valence-corrected chi connectivity index (χ4v) is 0.668. The van der Waals surface area contributed by atoms with Gasteiger partial charge < -0.3 is 9.84 Å². The van der Waals surface area contributed by atoms with Gasteiger partial charge in [-0.25, -0.2) is 9.59 Å². The Labute approximate surface area is 168 Å². The van der Waals surface area contributed by atoms with Crippen molar-refractivity contribution < 1.29 is 55.4 Å². The predicted octanol–water partition coefficient (Wildman–Crippen LogP) is 0.462. The third-order valence-corrected chi connectivity index (χ3v) is 2.34. The van der Waals surface area contributed by atoms with E-state index in [-0.39, 0.29) is 18.3 Å². The van der Waals surface area contributed by atoms with Gasteiger partial charge in [-0.3, -0.25) is 8.37 Å². The molecule has 164 valence electrons. The van der Waals surface area contributed by atoms with E-state index in [1.54, 1.807) is 12.2 Å². The fourth-order valence-electron chi connectivity index (χ4n) is 0.532. The molecule has 13 heteroatoms. The van der Waals surface area contributed by atoms with Crippen molar-refractivity contribution in [1.82, 2.24) is 0 Å². The quantitative estimate of drug-likeness (QED) is 0.344. The summed E-state index contributed by atoms with van der Waals surface area (Å²) in [6, 6.07) is 0. The second-order valence-electron chi connectivity index (χ2n) is 3.25. The highest BCUT2D eigenvalue weighted by molar-refractivity contribution is 7.81. The summed E-state index contributed by atoms with van der Waals surface area (Å²) in [7, 11) is -0.255. The molecule has 12 nitrogen and oxygen atoms in total. The van der Waals surface area contributed by atoms with Gasteiger partial charge in [-0.15, -0.1) is 0 Å². The first kappa shape index (κ1) is 36.4. The van der Waals surface area contributed by atoms with E-state index in [1.807, 2.05) is 13.0 Å². The van der Waals surface area contributed by atoms with Crippen LogP contribution in [0.5, 0.6) is 0 Å². The minimum atomic E-state index is -3.66.